The van der Waals surface area contributed by atoms with Crippen LogP contribution in [0.15, 0.2) is 11.6 Å². The highest BCUT2D eigenvalue weighted by Crippen LogP contribution is 2.72. The Hall–Kier alpha value is -0.770. The summed E-state index contributed by atoms with van der Waals surface area (Å²) in [5.74, 6) is 3.24. The lowest BCUT2D eigenvalue weighted by atomic mass is 9.53. The predicted octanol–water partition coefficient (Wildman–Crippen LogP) is 7.39. The molecule has 3 rings (SSSR count). The second-order valence-electron chi connectivity index (χ2n) is 11.1. The molecule has 1 nitrogen and oxygen atoms in total. The number of hydrogen-bond donors (Lipinski definition) is 0. The Morgan fingerprint density at radius 3 is 2.38 bits per heavy atom. The first-order valence-corrected chi connectivity index (χ1v) is 11.3. The highest BCUT2D eigenvalue weighted by molar-refractivity contribution is 5.38. The predicted molar refractivity (Wildman–Crippen MR) is 110 cm³/mol. The molecule has 26 heavy (non-hydrogen) atoms. The van der Waals surface area contributed by atoms with E-state index in [-0.39, 0.29) is 10.8 Å². The summed E-state index contributed by atoms with van der Waals surface area (Å²) >= 11 is 0. The van der Waals surface area contributed by atoms with Crippen LogP contribution in [-0.2, 0) is 0 Å². The average molecular weight is 356 g/mol. The van der Waals surface area contributed by atoms with Gasteiger partial charge in [0.05, 0.1) is 11.5 Å². The zero-order valence-corrected chi connectivity index (χ0v) is 18.4. The molecule has 0 aliphatic heterocycles. The van der Waals surface area contributed by atoms with E-state index in [0.717, 1.165) is 18.3 Å². The summed E-state index contributed by atoms with van der Waals surface area (Å²) < 4.78 is 0. The molecule has 6 atom stereocenters. The fourth-order valence-corrected chi connectivity index (χ4v) is 7.44. The van der Waals surface area contributed by atoms with Gasteiger partial charge in [0.25, 0.3) is 0 Å². The van der Waals surface area contributed by atoms with E-state index in [9.17, 15) is 5.26 Å². The number of nitrogens with zero attached hydrogens (tertiary/aromatic N) is 1. The van der Waals surface area contributed by atoms with E-state index in [0.29, 0.717) is 23.2 Å². The molecular formula is C25H41N. The Kier molecular flexibility index (Phi) is 5.14. The van der Waals surface area contributed by atoms with Gasteiger partial charge in [-0.1, -0.05) is 79.4 Å². The monoisotopic (exact) mass is 355 g/mol. The number of unbranched alkanes of at least 4 members (excludes halogenated alkanes) is 2. The molecule has 2 saturated carbocycles. The number of fused-ring (bicyclic) bond motifs is 2. The molecule has 0 aromatic carbocycles. The highest BCUT2D eigenvalue weighted by atomic mass is 14.7. The maximum Gasteiger partial charge on any atom is 0.0702 e. The van der Waals surface area contributed by atoms with Crippen molar-refractivity contribution in [3.05, 3.63) is 11.6 Å². The molecule has 0 aromatic heterocycles. The molecular weight excluding hydrogens is 314 g/mol. The molecule has 0 spiro atoms. The Bertz CT molecular complexity index is 606. The molecule has 146 valence electrons. The number of hydrogen-bond acceptors (Lipinski definition) is 1. The summed E-state index contributed by atoms with van der Waals surface area (Å²) in [6.07, 6.45) is 11.4. The minimum atomic E-state index is -0.134. The molecule has 0 saturated heterocycles. The molecule has 0 N–H and O–H groups in total. The van der Waals surface area contributed by atoms with E-state index in [4.69, 9.17) is 0 Å². The molecule has 1 heteroatoms. The summed E-state index contributed by atoms with van der Waals surface area (Å²) in [5.41, 5.74) is 1.94. The zero-order chi connectivity index (χ0) is 19.3. The van der Waals surface area contributed by atoms with E-state index < -0.39 is 0 Å². The van der Waals surface area contributed by atoms with Gasteiger partial charge in [0.2, 0.25) is 0 Å². The van der Waals surface area contributed by atoms with Gasteiger partial charge in [-0.15, -0.1) is 0 Å². The minimum absolute atomic E-state index is 0.106. The maximum absolute atomic E-state index is 10.6. The lowest BCUT2D eigenvalue weighted by Crippen LogP contribution is -2.45. The van der Waals surface area contributed by atoms with Crippen molar-refractivity contribution in [3.8, 4) is 6.07 Å². The van der Waals surface area contributed by atoms with Crippen LogP contribution in [-0.4, -0.2) is 0 Å². The van der Waals surface area contributed by atoms with Crippen LogP contribution in [0.4, 0.5) is 0 Å². The van der Waals surface area contributed by atoms with Crippen molar-refractivity contribution in [3.63, 3.8) is 0 Å². The van der Waals surface area contributed by atoms with Gasteiger partial charge in [-0.25, -0.2) is 0 Å². The molecule has 0 aromatic rings. The summed E-state index contributed by atoms with van der Waals surface area (Å²) in [6.45, 7) is 16.8. The molecule has 3 aliphatic rings. The van der Waals surface area contributed by atoms with Crippen molar-refractivity contribution in [2.24, 2.45) is 45.8 Å². The van der Waals surface area contributed by atoms with Gasteiger partial charge in [-0.3, -0.25) is 0 Å². The molecule has 0 heterocycles. The van der Waals surface area contributed by atoms with Crippen LogP contribution in [0.25, 0.3) is 0 Å². The fraction of sp³-hybridized carbons (Fsp3) is 0.880. The number of nitriles is 1. The van der Waals surface area contributed by atoms with Gasteiger partial charge in [0.15, 0.2) is 0 Å². The van der Waals surface area contributed by atoms with Crippen LogP contribution in [0.5, 0.6) is 0 Å². The normalized spacial score (nSPS) is 43.7. The molecule has 4 unspecified atom stereocenters. The molecule has 3 aliphatic carbocycles. The van der Waals surface area contributed by atoms with Crippen molar-refractivity contribution in [2.45, 2.75) is 93.4 Å². The molecule has 0 radical (unpaired) electrons. The van der Waals surface area contributed by atoms with E-state index in [1.54, 1.807) is 5.57 Å². The highest BCUT2D eigenvalue weighted by Gasteiger charge is 2.67. The maximum atomic E-state index is 10.6. The van der Waals surface area contributed by atoms with Gasteiger partial charge >= 0.3 is 0 Å². The Morgan fingerprint density at radius 1 is 1.15 bits per heavy atom. The largest absolute Gasteiger partial charge is 0.198 e. The van der Waals surface area contributed by atoms with Crippen molar-refractivity contribution < 1.29 is 0 Å². The van der Waals surface area contributed by atoms with Crippen LogP contribution in [0.3, 0.4) is 0 Å². The molecule has 2 fully saturated rings. The van der Waals surface area contributed by atoms with E-state index in [2.05, 4.69) is 60.6 Å². The second kappa shape index (κ2) is 6.68. The van der Waals surface area contributed by atoms with Crippen LogP contribution < -0.4 is 0 Å². The van der Waals surface area contributed by atoms with Crippen LogP contribution in [0.1, 0.15) is 93.4 Å². The molecule has 2 bridgehead atoms. The summed E-state index contributed by atoms with van der Waals surface area (Å²) in [4.78, 5) is 0. The van der Waals surface area contributed by atoms with Crippen molar-refractivity contribution in [1.82, 2.24) is 0 Å². The summed E-state index contributed by atoms with van der Waals surface area (Å²) in [5, 5.41) is 10.6. The lowest BCUT2D eigenvalue weighted by molar-refractivity contribution is 0.0627. The zero-order valence-electron chi connectivity index (χ0n) is 18.4. The lowest BCUT2D eigenvalue weighted by Gasteiger charge is -2.48. The van der Waals surface area contributed by atoms with Crippen LogP contribution in [0.2, 0.25) is 0 Å². The van der Waals surface area contributed by atoms with Gasteiger partial charge in [0.1, 0.15) is 0 Å². The van der Waals surface area contributed by atoms with Gasteiger partial charge in [0, 0.05) is 5.41 Å². The first-order valence-electron chi connectivity index (χ1n) is 11.3. The van der Waals surface area contributed by atoms with Crippen LogP contribution in [0, 0.1) is 57.2 Å². The van der Waals surface area contributed by atoms with Crippen molar-refractivity contribution >= 4 is 0 Å². The Balaban J connectivity index is 1.99. The number of allylic oxidation sites excluding steroid dienone is 2. The average Bonchev–Trinajstić information content (AvgIpc) is 3.14. The van der Waals surface area contributed by atoms with Gasteiger partial charge < -0.3 is 0 Å². The summed E-state index contributed by atoms with van der Waals surface area (Å²) in [7, 11) is 0. The third-order valence-electron chi connectivity index (χ3n) is 9.02. The SMILES string of the molecule is CCCCCC1C(C)C(C)(C)CC1[C@@]1(C#N)CC2C=C(C(C)C)[C@@]1(C)C2. The van der Waals surface area contributed by atoms with E-state index >= 15 is 0 Å². The van der Waals surface area contributed by atoms with Gasteiger partial charge in [-0.2, -0.15) is 5.26 Å². The topological polar surface area (TPSA) is 23.8 Å². The Labute approximate surface area is 162 Å². The van der Waals surface area contributed by atoms with Crippen molar-refractivity contribution in [2.75, 3.05) is 0 Å². The smallest absolute Gasteiger partial charge is 0.0702 e. The van der Waals surface area contributed by atoms with E-state index in [1.165, 1.54) is 38.5 Å². The molecule has 0 amide bonds. The standard InChI is InChI=1S/C25H41N/c1-8-9-10-11-20-18(4)23(5,6)15-22(20)25(16-26)14-19-12-21(17(2)3)24(25,7)13-19/h12,17-20,22H,8-11,13-15H2,1-7H3/t18?,19?,20?,22?,24-,25+/m1/s1. The van der Waals surface area contributed by atoms with Gasteiger partial charge in [-0.05, 0) is 60.7 Å². The summed E-state index contributed by atoms with van der Waals surface area (Å²) in [6, 6.07) is 3.01. The minimum Gasteiger partial charge on any atom is -0.198 e. The third-order valence-corrected chi connectivity index (χ3v) is 9.02. The first kappa shape index (κ1) is 20.0. The Morgan fingerprint density at radius 2 is 1.85 bits per heavy atom. The first-order chi connectivity index (χ1) is 12.1. The fourth-order valence-electron chi connectivity index (χ4n) is 7.44. The number of rotatable bonds is 6. The van der Waals surface area contributed by atoms with Crippen LogP contribution >= 0.6 is 0 Å². The second-order valence-corrected chi connectivity index (χ2v) is 11.1. The quantitative estimate of drug-likeness (QED) is 0.360. The van der Waals surface area contributed by atoms with Crippen molar-refractivity contribution in [1.29, 1.82) is 5.26 Å². The third kappa shape index (κ3) is 2.70. The van der Waals surface area contributed by atoms with E-state index in [1.807, 2.05) is 0 Å².